The van der Waals surface area contributed by atoms with Crippen LogP contribution >= 0.6 is 24.3 Å². The van der Waals surface area contributed by atoms with Crippen LogP contribution in [-0.4, -0.2) is 6.10 Å². The first kappa shape index (κ1) is 15.7. The Bertz CT molecular complexity index is 31.2. The summed E-state index contributed by atoms with van der Waals surface area (Å²) in [6, 6.07) is 0. The Morgan fingerprint density at radius 3 is 1.71 bits per heavy atom. The van der Waals surface area contributed by atoms with Gasteiger partial charge in [0.2, 0.25) is 0 Å². The van der Waals surface area contributed by atoms with E-state index in [9.17, 15) is 0 Å². The molecule has 0 N–H and O–H groups in total. The van der Waals surface area contributed by atoms with Crippen molar-refractivity contribution in [2.45, 2.75) is 20.0 Å². The Balaban J connectivity index is -0.0000000267. The monoisotopic (exact) mass is 179 g/mol. The van der Waals surface area contributed by atoms with Gasteiger partial charge in [0, 0.05) is 0 Å². The van der Waals surface area contributed by atoms with Crippen molar-refractivity contribution in [3.05, 3.63) is 0 Å². The fourth-order valence-corrected chi connectivity index (χ4v) is 0. The van der Waals surface area contributed by atoms with Gasteiger partial charge >= 0.3 is 23.1 Å². The van der Waals surface area contributed by atoms with Gasteiger partial charge in [0.25, 0.3) is 0 Å². The van der Waals surface area contributed by atoms with E-state index in [4.69, 9.17) is 11.9 Å². The minimum absolute atomic E-state index is 0. The molecule has 0 aromatic rings. The molecular weight excluding hydrogens is 171 g/mol. The van der Waals surface area contributed by atoms with Crippen molar-refractivity contribution < 1.29 is 27.4 Å². The molecule has 0 atom stereocenters. The van der Waals surface area contributed by atoms with Crippen LogP contribution in [0.15, 0.2) is 0 Å². The van der Waals surface area contributed by atoms with E-state index in [1.807, 2.05) is 13.8 Å². The van der Waals surface area contributed by atoms with Crippen molar-refractivity contribution >= 4 is 24.3 Å². The van der Waals surface area contributed by atoms with Crippen LogP contribution in [0.25, 0.3) is 0 Å². The van der Waals surface area contributed by atoms with Crippen LogP contribution in [0.2, 0.25) is 0 Å². The van der Waals surface area contributed by atoms with Crippen LogP contribution in [0.1, 0.15) is 15.3 Å². The Morgan fingerprint density at radius 2 is 1.71 bits per heavy atom. The summed E-state index contributed by atoms with van der Waals surface area (Å²) in [5, 5.41) is 0. The molecule has 0 radical (unpaired) electrons. The van der Waals surface area contributed by atoms with Crippen LogP contribution in [0.4, 0.5) is 0 Å². The SMILES string of the molecule is CC(C)OCl.Cl.[H+].[Ti+4]. The van der Waals surface area contributed by atoms with Crippen molar-refractivity contribution in [2.24, 2.45) is 0 Å². The van der Waals surface area contributed by atoms with Gasteiger partial charge < -0.3 is 0 Å². The van der Waals surface area contributed by atoms with Crippen LogP contribution in [-0.2, 0) is 26.0 Å². The normalized spacial score (nSPS) is 6.86. The van der Waals surface area contributed by atoms with Gasteiger partial charge in [0.1, 0.15) is 0 Å². The van der Waals surface area contributed by atoms with E-state index in [1.54, 1.807) is 0 Å². The molecule has 0 amide bonds. The smallest absolute Gasteiger partial charge is 0.276 e. The second-order valence-electron chi connectivity index (χ2n) is 1.14. The Labute approximate surface area is 71.7 Å². The van der Waals surface area contributed by atoms with Crippen molar-refractivity contribution in [3.8, 4) is 0 Å². The molecule has 4 heteroatoms. The Hall–Kier alpha value is 1.25. The molecule has 0 bridgehead atoms. The summed E-state index contributed by atoms with van der Waals surface area (Å²) in [5.41, 5.74) is 0. The van der Waals surface area contributed by atoms with Crippen molar-refractivity contribution in [1.29, 1.82) is 0 Å². The van der Waals surface area contributed by atoms with E-state index < -0.39 is 0 Å². The maximum absolute atomic E-state index is 4.84. The summed E-state index contributed by atoms with van der Waals surface area (Å²) in [4.78, 5) is 0. The number of halogens is 2. The third-order valence-electron chi connectivity index (χ3n) is 0.178. The maximum atomic E-state index is 4.84. The van der Waals surface area contributed by atoms with Gasteiger partial charge in [-0.2, -0.15) is 0 Å². The molecule has 1 nitrogen and oxygen atoms in total. The first-order valence-corrected chi connectivity index (χ1v) is 1.85. The molecule has 0 saturated heterocycles. The summed E-state index contributed by atoms with van der Waals surface area (Å²) >= 11 is 4.84. The van der Waals surface area contributed by atoms with Crippen LogP contribution in [0.5, 0.6) is 0 Å². The minimum atomic E-state index is 0. The summed E-state index contributed by atoms with van der Waals surface area (Å²) in [6.45, 7) is 3.74. The summed E-state index contributed by atoms with van der Waals surface area (Å²) in [6.07, 6.45) is 0.150. The molecule has 0 saturated carbocycles. The topological polar surface area (TPSA) is 9.23 Å². The number of hydrogen-bond acceptors (Lipinski definition) is 1. The standard InChI is InChI=1S/C3H7ClO.ClH.Ti/c1-3(2)5-4;;/h3H,1-2H3;1H;/q;;+4/p+1. The van der Waals surface area contributed by atoms with Gasteiger partial charge in [-0.05, 0) is 13.8 Å². The van der Waals surface area contributed by atoms with Crippen molar-refractivity contribution in [1.82, 2.24) is 0 Å². The quantitative estimate of drug-likeness (QED) is 0.561. The van der Waals surface area contributed by atoms with Crippen molar-refractivity contribution in [3.63, 3.8) is 0 Å². The molecule has 0 aliphatic heterocycles. The number of rotatable bonds is 1. The second-order valence-corrected chi connectivity index (χ2v) is 1.32. The van der Waals surface area contributed by atoms with Gasteiger partial charge in [-0.15, -0.1) is 12.4 Å². The molecule has 0 aliphatic carbocycles. The van der Waals surface area contributed by atoms with Gasteiger partial charge in [0.15, 0.2) is 0 Å². The third kappa shape index (κ3) is 18.9. The zero-order valence-corrected chi connectivity index (χ0v) is 7.41. The minimum Gasteiger partial charge on any atom is -0.276 e. The molecule has 0 aliphatic rings. The molecule has 7 heavy (non-hydrogen) atoms. The Morgan fingerprint density at radius 1 is 1.57 bits per heavy atom. The summed E-state index contributed by atoms with van der Waals surface area (Å²) in [5.74, 6) is 0. The molecule has 0 spiro atoms. The average Bonchev–Trinajstić information content (AvgIpc) is 1.38. The molecule has 0 rings (SSSR count). The van der Waals surface area contributed by atoms with E-state index in [0.717, 1.165) is 0 Å². The van der Waals surface area contributed by atoms with E-state index >= 15 is 0 Å². The maximum Gasteiger partial charge on any atom is 4.00 e. The van der Waals surface area contributed by atoms with Crippen LogP contribution in [0, 0.1) is 0 Å². The van der Waals surface area contributed by atoms with Gasteiger partial charge in [-0.3, -0.25) is 4.29 Å². The van der Waals surface area contributed by atoms with Gasteiger partial charge in [0.05, 0.1) is 18.0 Å². The van der Waals surface area contributed by atoms with E-state index in [-0.39, 0.29) is 41.7 Å². The zero-order chi connectivity index (χ0) is 4.28. The van der Waals surface area contributed by atoms with E-state index in [0.29, 0.717) is 0 Å². The van der Waals surface area contributed by atoms with E-state index in [2.05, 4.69) is 4.29 Å². The molecule has 0 aromatic carbocycles. The fourth-order valence-electron chi connectivity index (χ4n) is 0. The van der Waals surface area contributed by atoms with Crippen LogP contribution < -0.4 is 0 Å². The molecule has 40 valence electrons. The largest absolute Gasteiger partial charge is 4.00 e. The number of hydrogen-bond donors (Lipinski definition) is 0. The predicted octanol–water partition coefficient (Wildman–Crippen LogP) is 2.10. The van der Waals surface area contributed by atoms with Crippen LogP contribution in [0.3, 0.4) is 0 Å². The summed E-state index contributed by atoms with van der Waals surface area (Å²) < 4.78 is 4.22. The van der Waals surface area contributed by atoms with Gasteiger partial charge in [-0.25, -0.2) is 0 Å². The molecule has 0 aromatic heterocycles. The Kier molecular flexibility index (Phi) is 23.1. The predicted molar refractivity (Wildman–Crippen MR) is 30.4 cm³/mol. The van der Waals surface area contributed by atoms with E-state index in [1.165, 1.54) is 0 Å². The molecule has 0 unspecified atom stereocenters. The molecule has 0 heterocycles. The van der Waals surface area contributed by atoms with Gasteiger partial charge in [-0.1, -0.05) is 0 Å². The zero-order valence-electron chi connectivity index (χ0n) is 5.27. The first-order valence-electron chi connectivity index (χ1n) is 1.54. The second kappa shape index (κ2) is 10.3. The molecular formula is C3H9Cl2OTi+5. The third-order valence-corrected chi connectivity index (χ3v) is 0.535. The van der Waals surface area contributed by atoms with Crippen molar-refractivity contribution in [2.75, 3.05) is 0 Å². The summed E-state index contributed by atoms with van der Waals surface area (Å²) in [7, 11) is 0. The molecule has 0 fully saturated rings. The average molecular weight is 180 g/mol. The first-order chi connectivity index (χ1) is 2.27. The fraction of sp³-hybridized carbons (Fsp3) is 1.00.